The number of aliphatic imine (C=N–C) groups is 1. The van der Waals surface area contributed by atoms with E-state index in [2.05, 4.69) is 4.99 Å². The van der Waals surface area contributed by atoms with Gasteiger partial charge >= 0.3 is 0 Å². The van der Waals surface area contributed by atoms with Crippen molar-refractivity contribution in [2.24, 2.45) is 16.6 Å². The van der Waals surface area contributed by atoms with E-state index in [1.54, 1.807) is 19.2 Å². The minimum Gasteiger partial charge on any atom is -0.379 e. The summed E-state index contributed by atoms with van der Waals surface area (Å²) < 4.78 is 25.4. The van der Waals surface area contributed by atoms with Gasteiger partial charge in [-0.15, -0.1) is 0 Å². The maximum Gasteiger partial charge on any atom is 0.154 e. The fourth-order valence-electron chi connectivity index (χ4n) is 3.01. The molecular formula is C14H17FN2O2S. The fourth-order valence-corrected chi connectivity index (χ4v) is 4.08. The van der Waals surface area contributed by atoms with Gasteiger partial charge in [-0.3, -0.25) is 0 Å². The van der Waals surface area contributed by atoms with Gasteiger partial charge in [-0.1, -0.05) is 30.0 Å². The number of nitrogens with two attached hydrogens (primary N) is 1. The summed E-state index contributed by atoms with van der Waals surface area (Å²) in [4.78, 5) is 4.58. The summed E-state index contributed by atoms with van der Waals surface area (Å²) in [7, 11) is 1.65. The summed E-state index contributed by atoms with van der Waals surface area (Å²) in [5.41, 5.74) is 5.65. The zero-order chi connectivity index (χ0) is 14.2. The molecule has 2 heterocycles. The highest BCUT2D eigenvalue weighted by Crippen LogP contribution is 2.45. The molecule has 0 aromatic heterocycles. The lowest BCUT2D eigenvalue weighted by Gasteiger charge is -2.47. The van der Waals surface area contributed by atoms with Crippen LogP contribution in [0.1, 0.15) is 5.56 Å². The largest absolute Gasteiger partial charge is 0.379 e. The molecule has 108 valence electrons. The molecule has 3 rings (SSSR count). The Morgan fingerprint density at radius 2 is 2.30 bits per heavy atom. The SMILES string of the molecule is COC1COCC2(c3ccccc3F)N=C(N)SCC12. The molecule has 3 unspecified atom stereocenters. The van der Waals surface area contributed by atoms with E-state index in [1.165, 1.54) is 17.8 Å². The van der Waals surface area contributed by atoms with E-state index in [0.29, 0.717) is 23.9 Å². The standard InChI is InChI=1S/C14H17FN2O2S/c1-18-12-6-19-8-14(9-4-2-3-5-11(9)15)10(12)7-20-13(16)17-14/h2-5,10,12H,6-8H2,1H3,(H2,16,17). The molecule has 4 nitrogen and oxygen atoms in total. The molecule has 0 bridgehead atoms. The lowest BCUT2D eigenvalue weighted by atomic mass is 9.75. The van der Waals surface area contributed by atoms with Crippen LogP contribution in [0.25, 0.3) is 0 Å². The smallest absolute Gasteiger partial charge is 0.154 e. The van der Waals surface area contributed by atoms with Crippen LogP contribution in [-0.4, -0.2) is 37.3 Å². The first-order chi connectivity index (χ1) is 9.67. The van der Waals surface area contributed by atoms with Gasteiger partial charge in [0, 0.05) is 24.3 Å². The number of hydrogen-bond donors (Lipinski definition) is 1. The maximum absolute atomic E-state index is 14.3. The zero-order valence-electron chi connectivity index (χ0n) is 11.2. The van der Waals surface area contributed by atoms with Crippen LogP contribution in [0.4, 0.5) is 4.39 Å². The van der Waals surface area contributed by atoms with Gasteiger partial charge in [0.15, 0.2) is 5.17 Å². The van der Waals surface area contributed by atoms with Crippen molar-refractivity contribution < 1.29 is 13.9 Å². The van der Waals surface area contributed by atoms with E-state index in [0.717, 1.165) is 5.75 Å². The average molecular weight is 296 g/mol. The molecule has 0 saturated carbocycles. The van der Waals surface area contributed by atoms with Crippen molar-refractivity contribution in [3.63, 3.8) is 0 Å². The van der Waals surface area contributed by atoms with Gasteiger partial charge in [0.25, 0.3) is 0 Å². The first-order valence-electron chi connectivity index (χ1n) is 6.51. The number of thioether (sulfide) groups is 1. The van der Waals surface area contributed by atoms with E-state index in [-0.39, 0.29) is 17.8 Å². The summed E-state index contributed by atoms with van der Waals surface area (Å²) >= 11 is 1.49. The topological polar surface area (TPSA) is 56.8 Å². The predicted octanol–water partition coefficient (Wildman–Crippen LogP) is 1.74. The number of rotatable bonds is 2. The first kappa shape index (κ1) is 13.9. The maximum atomic E-state index is 14.3. The number of ether oxygens (including phenoxy) is 2. The van der Waals surface area contributed by atoms with Gasteiger partial charge in [0.05, 0.1) is 19.3 Å². The second-order valence-corrected chi connectivity index (χ2v) is 6.10. The Morgan fingerprint density at radius 1 is 1.50 bits per heavy atom. The number of hydrogen-bond acceptors (Lipinski definition) is 5. The molecule has 1 aromatic carbocycles. The molecule has 6 heteroatoms. The van der Waals surface area contributed by atoms with Crippen molar-refractivity contribution >= 4 is 16.9 Å². The second kappa shape index (κ2) is 5.35. The number of fused-ring (bicyclic) bond motifs is 1. The molecule has 2 aliphatic rings. The lowest BCUT2D eigenvalue weighted by molar-refractivity contribution is -0.102. The Bertz CT molecular complexity index is 540. The first-order valence-corrected chi connectivity index (χ1v) is 7.49. The van der Waals surface area contributed by atoms with Gasteiger partial charge < -0.3 is 15.2 Å². The van der Waals surface area contributed by atoms with E-state index in [1.807, 2.05) is 6.07 Å². The van der Waals surface area contributed by atoms with Crippen LogP contribution in [0.3, 0.4) is 0 Å². The second-order valence-electron chi connectivity index (χ2n) is 5.06. The molecule has 0 aliphatic carbocycles. The van der Waals surface area contributed by atoms with Gasteiger partial charge in [-0.2, -0.15) is 0 Å². The highest BCUT2D eigenvalue weighted by atomic mass is 32.2. The third kappa shape index (κ3) is 2.12. The number of nitrogens with zero attached hydrogens (tertiary/aromatic N) is 1. The van der Waals surface area contributed by atoms with Gasteiger partial charge in [0.1, 0.15) is 11.4 Å². The predicted molar refractivity (Wildman–Crippen MR) is 77.3 cm³/mol. The van der Waals surface area contributed by atoms with E-state index in [4.69, 9.17) is 15.2 Å². The Balaban J connectivity index is 2.13. The van der Waals surface area contributed by atoms with Crippen LogP contribution in [0, 0.1) is 11.7 Å². The lowest BCUT2D eigenvalue weighted by Crippen LogP contribution is -2.55. The van der Waals surface area contributed by atoms with Crippen molar-refractivity contribution in [2.45, 2.75) is 11.6 Å². The van der Waals surface area contributed by atoms with Gasteiger partial charge in [-0.05, 0) is 6.07 Å². The normalized spacial score (nSPS) is 33.4. The minimum absolute atomic E-state index is 0.0513. The number of benzene rings is 1. The molecule has 3 atom stereocenters. The van der Waals surface area contributed by atoms with Crippen molar-refractivity contribution in [3.8, 4) is 0 Å². The van der Waals surface area contributed by atoms with Crippen LogP contribution in [0.2, 0.25) is 0 Å². The highest BCUT2D eigenvalue weighted by Gasteiger charge is 2.51. The summed E-state index contributed by atoms with van der Waals surface area (Å²) in [6, 6.07) is 6.70. The van der Waals surface area contributed by atoms with E-state index >= 15 is 0 Å². The fraction of sp³-hybridized carbons (Fsp3) is 0.500. The number of halogens is 1. The molecular weight excluding hydrogens is 279 g/mol. The molecule has 1 saturated heterocycles. The van der Waals surface area contributed by atoms with Crippen LogP contribution < -0.4 is 5.73 Å². The molecule has 0 spiro atoms. The van der Waals surface area contributed by atoms with Crippen molar-refractivity contribution in [1.82, 2.24) is 0 Å². The highest BCUT2D eigenvalue weighted by molar-refractivity contribution is 8.13. The monoisotopic (exact) mass is 296 g/mol. The third-order valence-electron chi connectivity index (χ3n) is 4.03. The van der Waals surface area contributed by atoms with Crippen LogP contribution in [0.5, 0.6) is 0 Å². The molecule has 0 amide bonds. The molecule has 2 N–H and O–H groups in total. The Kier molecular flexibility index (Phi) is 3.70. The molecule has 20 heavy (non-hydrogen) atoms. The summed E-state index contributed by atoms with van der Waals surface area (Å²) in [6.07, 6.45) is -0.104. The summed E-state index contributed by atoms with van der Waals surface area (Å²) in [5.74, 6) is 0.530. The van der Waals surface area contributed by atoms with Crippen LogP contribution in [-0.2, 0) is 15.0 Å². The Hall–Kier alpha value is -1.11. The van der Waals surface area contributed by atoms with Crippen molar-refractivity contribution in [3.05, 3.63) is 35.6 Å². The number of methoxy groups -OCH3 is 1. The quantitative estimate of drug-likeness (QED) is 0.903. The van der Waals surface area contributed by atoms with Crippen LogP contribution >= 0.6 is 11.8 Å². The third-order valence-corrected chi connectivity index (χ3v) is 4.94. The van der Waals surface area contributed by atoms with Gasteiger partial charge in [-0.25, -0.2) is 9.38 Å². The minimum atomic E-state index is -0.778. The van der Waals surface area contributed by atoms with Crippen LogP contribution in [0.15, 0.2) is 29.3 Å². The summed E-state index contributed by atoms with van der Waals surface area (Å²) in [5, 5.41) is 0.477. The Labute approximate surface area is 121 Å². The molecule has 1 aromatic rings. The zero-order valence-corrected chi connectivity index (χ0v) is 12.0. The van der Waals surface area contributed by atoms with Gasteiger partial charge in [0.2, 0.25) is 0 Å². The molecule has 2 aliphatic heterocycles. The van der Waals surface area contributed by atoms with E-state index in [9.17, 15) is 4.39 Å². The van der Waals surface area contributed by atoms with Crippen molar-refractivity contribution in [2.75, 3.05) is 26.1 Å². The van der Waals surface area contributed by atoms with Crippen molar-refractivity contribution in [1.29, 1.82) is 0 Å². The average Bonchev–Trinajstić information content (AvgIpc) is 2.46. The summed E-state index contributed by atoms with van der Waals surface area (Å²) in [6.45, 7) is 0.840. The Morgan fingerprint density at radius 3 is 3.05 bits per heavy atom. The number of amidine groups is 1. The molecule has 1 fully saturated rings. The molecule has 0 radical (unpaired) electrons. The van der Waals surface area contributed by atoms with E-state index < -0.39 is 5.54 Å².